The van der Waals surface area contributed by atoms with Gasteiger partial charge in [0.25, 0.3) is 0 Å². The molecular formula is C13H9NO. The average molecular weight is 195 g/mol. The van der Waals surface area contributed by atoms with E-state index in [0.29, 0.717) is 5.56 Å². The van der Waals surface area contributed by atoms with Crippen molar-refractivity contribution in [1.29, 1.82) is 0 Å². The second-order valence-electron chi connectivity index (χ2n) is 3.10. The number of hydrogen-bond acceptors (Lipinski definition) is 2. The lowest BCUT2D eigenvalue weighted by molar-refractivity contribution is 0.112. The number of allylic oxidation sites excluding steroid dienone is 4. The Morgan fingerprint density at radius 2 is 2.00 bits per heavy atom. The van der Waals surface area contributed by atoms with Crippen LogP contribution in [-0.2, 0) is 0 Å². The van der Waals surface area contributed by atoms with Crippen LogP contribution in [0.1, 0.15) is 15.9 Å². The van der Waals surface area contributed by atoms with E-state index in [1.54, 1.807) is 24.4 Å². The van der Waals surface area contributed by atoms with Crippen molar-refractivity contribution in [3.05, 3.63) is 59.8 Å². The molecule has 0 amide bonds. The van der Waals surface area contributed by atoms with Gasteiger partial charge in [-0.3, -0.25) is 4.79 Å². The van der Waals surface area contributed by atoms with Gasteiger partial charge in [-0.2, -0.15) is 0 Å². The van der Waals surface area contributed by atoms with Crippen LogP contribution in [0.4, 0.5) is 0 Å². The first-order chi connectivity index (χ1) is 7.40. The first-order valence-corrected chi connectivity index (χ1v) is 4.61. The Morgan fingerprint density at radius 1 is 1.20 bits per heavy atom. The van der Waals surface area contributed by atoms with Gasteiger partial charge in [0.05, 0.1) is 0 Å². The molecule has 2 nitrogen and oxygen atoms in total. The lowest BCUT2D eigenvalue weighted by Crippen LogP contribution is -1.83. The summed E-state index contributed by atoms with van der Waals surface area (Å²) >= 11 is 0. The van der Waals surface area contributed by atoms with E-state index in [1.807, 2.05) is 24.3 Å². The van der Waals surface area contributed by atoms with Gasteiger partial charge in [-0.05, 0) is 29.2 Å². The Balaban J connectivity index is 2.34. The fraction of sp³-hybridized carbons (Fsp3) is 0. The van der Waals surface area contributed by atoms with Gasteiger partial charge in [0.1, 0.15) is 6.29 Å². The van der Waals surface area contributed by atoms with Crippen molar-refractivity contribution in [2.75, 3.05) is 0 Å². The highest BCUT2D eigenvalue weighted by Crippen LogP contribution is 2.17. The highest BCUT2D eigenvalue weighted by Gasteiger charge is 1.98. The summed E-state index contributed by atoms with van der Waals surface area (Å²) in [5.74, 6) is 2.75. The number of hydrogen-bond donors (Lipinski definition) is 0. The predicted molar refractivity (Wildman–Crippen MR) is 61.0 cm³/mol. The molecule has 1 heterocycles. The summed E-state index contributed by atoms with van der Waals surface area (Å²) in [6, 6.07) is 7.43. The molecule has 0 saturated carbocycles. The van der Waals surface area contributed by atoms with E-state index >= 15 is 0 Å². The fourth-order valence-electron chi connectivity index (χ4n) is 1.33. The number of aldehydes is 1. The highest BCUT2D eigenvalue weighted by molar-refractivity contribution is 5.81. The minimum absolute atomic E-state index is 0.684. The van der Waals surface area contributed by atoms with Crippen LogP contribution in [0.2, 0.25) is 0 Å². The van der Waals surface area contributed by atoms with Crippen molar-refractivity contribution >= 4 is 17.7 Å². The van der Waals surface area contributed by atoms with Crippen LogP contribution in [0.25, 0.3) is 5.57 Å². The molecule has 1 aromatic carbocycles. The van der Waals surface area contributed by atoms with E-state index in [2.05, 4.69) is 10.9 Å². The number of benzene rings is 1. The van der Waals surface area contributed by atoms with Crippen LogP contribution in [-0.4, -0.2) is 12.2 Å². The molecule has 0 unspecified atom stereocenters. The second kappa shape index (κ2) is 4.36. The Labute approximate surface area is 88.0 Å². The molecule has 0 aromatic heterocycles. The van der Waals surface area contributed by atoms with Crippen LogP contribution in [0.15, 0.2) is 53.7 Å². The maximum atomic E-state index is 10.5. The smallest absolute Gasteiger partial charge is 0.150 e. The van der Waals surface area contributed by atoms with E-state index in [0.717, 1.165) is 17.4 Å². The number of carbonyl (C=O) groups is 1. The van der Waals surface area contributed by atoms with Crippen molar-refractivity contribution in [3.63, 3.8) is 0 Å². The normalized spacial score (nSPS) is 13.5. The van der Waals surface area contributed by atoms with Crippen molar-refractivity contribution < 1.29 is 4.79 Å². The monoisotopic (exact) mass is 195 g/mol. The van der Waals surface area contributed by atoms with Crippen molar-refractivity contribution in [2.45, 2.75) is 0 Å². The maximum absolute atomic E-state index is 10.5. The number of aliphatic imine (C=N–C) groups is 1. The minimum Gasteiger partial charge on any atom is -0.298 e. The van der Waals surface area contributed by atoms with Crippen LogP contribution >= 0.6 is 0 Å². The Kier molecular flexibility index (Phi) is 2.72. The summed E-state index contributed by atoms with van der Waals surface area (Å²) in [6.07, 6.45) is 8.14. The Morgan fingerprint density at radius 3 is 2.73 bits per heavy atom. The van der Waals surface area contributed by atoms with Gasteiger partial charge in [0.2, 0.25) is 0 Å². The zero-order valence-corrected chi connectivity index (χ0v) is 8.05. The second-order valence-corrected chi connectivity index (χ2v) is 3.10. The maximum Gasteiger partial charge on any atom is 0.150 e. The van der Waals surface area contributed by atoms with Crippen LogP contribution in [0.3, 0.4) is 0 Å². The van der Waals surface area contributed by atoms with Gasteiger partial charge in [0.15, 0.2) is 0 Å². The molecule has 0 spiro atoms. The van der Waals surface area contributed by atoms with E-state index in [-0.39, 0.29) is 0 Å². The lowest BCUT2D eigenvalue weighted by atomic mass is 10.0. The van der Waals surface area contributed by atoms with Gasteiger partial charge in [-0.1, -0.05) is 24.3 Å². The third-order valence-electron chi connectivity index (χ3n) is 2.12. The standard InChI is InChI=1S/C13H9NO/c15-10-11-3-5-13(6-4-11)12-2-1-8-14-9-7-12/h1-7,9-10H. The van der Waals surface area contributed by atoms with Gasteiger partial charge in [0, 0.05) is 17.8 Å². The molecular weight excluding hydrogens is 186 g/mol. The molecule has 0 saturated heterocycles. The molecule has 1 aliphatic rings. The molecule has 2 rings (SSSR count). The minimum atomic E-state index is 0.684. The molecule has 0 atom stereocenters. The summed E-state index contributed by atoms with van der Waals surface area (Å²) in [5, 5.41) is 0. The molecule has 72 valence electrons. The molecule has 2 heteroatoms. The summed E-state index contributed by atoms with van der Waals surface area (Å²) in [7, 11) is 0. The summed E-state index contributed by atoms with van der Waals surface area (Å²) in [6.45, 7) is 0. The zero-order chi connectivity index (χ0) is 10.5. The zero-order valence-electron chi connectivity index (χ0n) is 8.05. The molecule has 0 bridgehead atoms. The molecule has 0 radical (unpaired) electrons. The van der Waals surface area contributed by atoms with E-state index in [1.165, 1.54) is 0 Å². The quantitative estimate of drug-likeness (QED) is 0.667. The number of rotatable bonds is 2. The largest absolute Gasteiger partial charge is 0.298 e. The molecule has 0 fully saturated rings. The fourth-order valence-corrected chi connectivity index (χ4v) is 1.33. The molecule has 1 aliphatic heterocycles. The third kappa shape index (κ3) is 2.19. The summed E-state index contributed by atoms with van der Waals surface area (Å²) in [4.78, 5) is 14.4. The number of nitrogens with zero attached hydrogens (tertiary/aromatic N) is 1. The first kappa shape index (κ1) is 9.38. The number of carbonyl (C=O) groups excluding carboxylic acids is 1. The summed E-state index contributed by atoms with van der Waals surface area (Å²) < 4.78 is 0. The first-order valence-electron chi connectivity index (χ1n) is 4.61. The van der Waals surface area contributed by atoms with Crippen LogP contribution in [0, 0.1) is 0 Å². The van der Waals surface area contributed by atoms with E-state index < -0.39 is 0 Å². The van der Waals surface area contributed by atoms with E-state index in [9.17, 15) is 4.79 Å². The van der Waals surface area contributed by atoms with E-state index in [4.69, 9.17) is 0 Å². The Bertz CT molecular complexity index is 486. The third-order valence-corrected chi connectivity index (χ3v) is 2.12. The topological polar surface area (TPSA) is 29.4 Å². The van der Waals surface area contributed by atoms with Crippen LogP contribution in [0.5, 0.6) is 0 Å². The average Bonchev–Trinajstić information content (AvgIpc) is 2.58. The van der Waals surface area contributed by atoms with Crippen molar-refractivity contribution in [3.8, 4) is 0 Å². The van der Waals surface area contributed by atoms with Gasteiger partial charge < -0.3 is 0 Å². The van der Waals surface area contributed by atoms with Crippen LogP contribution < -0.4 is 0 Å². The van der Waals surface area contributed by atoms with Gasteiger partial charge >= 0.3 is 0 Å². The SMILES string of the molecule is O=Cc1ccc(C2=CC=C=NC=C2)cc1. The van der Waals surface area contributed by atoms with Crippen molar-refractivity contribution in [1.82, 2.24) is 0 Å². The predicted octanol–water partition coefficient (Wildman–Crippen LogP) is 2.64. The lowest BCUT2D eigenvalue weighted by Gasteiger charge is -2.00. The van der Waals surface area contributed by atoms with Crippen molar-refractivity contribution in [2.24, 2.45) is 4.99 Å². The molecule has 0 N–H and O–H groups in total. The highest BCUT2D eigenvalue weighted by atomic mass is 16.1. The summed E-state index contributed by atoms with van der Waals surface area (Å²) in [5.41, 5.74) is 2.80. The Hall–Kier alpha value is -2.18. The van der Waals surface area contributed by atoms with Gasteiger partial charge in [-0.25, -0.2) is 4.99 Å². The molecule has 1 aromatic rings. The van der Waals surface area contributed by atoms with Gasteiger partial charge in [-0.15, -0.1) is 0 Å². The molecule has 0 aliphatic carbocycles. The molecule has 15 heavy (non-hydrogen) atoms.